The van der Waals surface area contributed by atoms with Gasteiger partial charge in [-0.05, 0) is 31.5 Å². The van der Waals surface area contributed by atoms with E-state index in [2.05, 4.69) is 21.4 Å². The van der Waals surface area contributed by atoms with Crippen molar-refractivity contribution in [2.45, 2.75) is 26.1 Å². The SMILES string of the molecule is CC1(C)CN([C@@H](c2cccc(Br)c2)C(F)(F)F)NC1=O. The van der Waals surface area contributed by atoms with Crippen LogP contribution in [0.3, 0.4) is 0 Å². The number of hydrogen-bond donors (Lipinski definition) is 1. The van der Waals surface area contributed by atoms with Crippen molar-refractivity contribution in [1.82, 2.24) is 10.4 Å². The Kier molecular flexibility index (Phi) is 3.85. The van der Waals surface area contributed by atoms with Gasteiger partial charge in [0.05, 0.1) is 5.41 Å². The zero-order chi connectivity index (χ0) is 15.1. The average Bonchev–Trinajstić information content (AvgIpc) is 2.50. The van der Waals surface area contributed by atoms with Crippen molar-refractivity contribution in [3.63, 3.8) is 0 Å². The summed E-state index contributed by atoms with van der Waals surface area (Å²) in [6, 6.07) is 4.16. The standard InChI is InChI=1S/C13H14BrF3N2O/c1-12(2)7-19(18-11(12)20)10(13(15,16)17)8-4-3-5-9(14)6-8/h3-6,10H,7H2,1-2H3,(H,18,20)/t10-/m0/s1. The summed E-state index contributed by atoms with van der Waals surface area (Å²) in [6.45, 7) is 3.25. The van der Waals surface area contributed by atoms with Gasteiger partial charge in [0.2, 0.25) is 5.91 Å². The number of alkyl halides is 3. The number of carbonyl (C=O) groups excluding carboxylic acids is 1. The zero-order valence-corrected chi connectivity index (χ0v) is 12.5. The van der Waals surface area contributed by atoms with E-state index in [1.165, 1.54) is 12.1 Å². The van der Waals surface area contributed by atoms with Gasteiger partial charge in [-0.3, -0.25) is 10.2 Å². The molecule has 1 aliphatic heterocycles. The second kappa shape index (κ2) is 5.04. The second-order valence-corrected chi connectivity index (χ2v) is 6.37. The molecule has 7 heteroatoms. The van der Waals surface area contributed by atoms with Crippen LogP contribution in [-0.2, 0) is 4.79 Å². The van der Waals surface area contributed by atoms with Crippen LogP contribution in [0.5, 0.6) is 0 Å². The van der Waals surface area contributed by atoms with Gasteiger partial charge in [-0.15, -0.1) is 0 Å². The van der Waals surface area contributed by atoms with E-state index in [0.29, 0.717) is 4.47 Å². The zero-order valence-electron chi connectivity index (χ0n) is 11.0. The minimum atomic E-state index is -4.48. The number of nitrogens with one attached hydrogen (secondary N) is 1. The van der Waals surface area contributed by atoms with Gasteiger partial charge in [0, 0.05) is 11.0 Å². The van der Waals surface area contributed by atoms with Gasteiger partial charge >= 0.3 is 6.18 Å². The number of hydrazine groups is 1. The number of benzene rings is 1. The van der Waals surface area contributed by atoms with E-state index >= 15 is 0 Å². The molecule has 0 unspecified atom stereocenters. The Morgan fingerprint density at radius 3 is 2.50 bits per heavy atom. The van der Waals surface area contributed by atoms with Gasteiger partial charge in [0.1, 0.15) is 6.04 Å². The van der Waals surface area contributed by atoms with Gasteiger partial charge < -0.3 is 0 Å². The number of rotatable bonds is 2. The quantitative estimate of drug-likeness (QED) is 0.886. The molecule has 1 fully saturated rings. The van der Waals surface area contributed by atoms with Crippen molar-refractivity contribution >= 4 is 21.8 Å². The van der Waals surface area contributed by atoms with Gasteiger partial charge in [-0.1, -0.05) is 28.1 Å². The van der Waals surface area contributed by atoms with Crippen LogP contribution in [0.25, 0.3) is 0 Å². The maximum atomic E-state index is 13.4. The summed E-state index contributed by atoms with van der Waals surface area (Å²) in [4.78, 5) is 11.7. The summed E-state index contributed by atoms with van der Waals surface area (Å²) >= 11 is 3.17. The number of halogens is 4. The van der Waals surface area contributed by atoms with Crippen molar-refractivity contribution in [3.05, 3.63) is 34.3 Å². The molecule has 0 aromatic heterocycles. The third-order valence-corrected chi connectivity index (χ3v) is 3.70. The summed E-state index contributed by atoms with van der Waals surface area (Å²) < 4.78 is 40.6. The Balaban J connectivity index is 2.38. The fraction of sp³-hybridized carbons (Fsp3) is 0.462. The van der Waals surface area contributed by atoms with E-state index in [1.807, 2.05) is 0 Å². The summed E-state index contributed by atoms with van der Waals surface area (Å²) in [5.41, 5.74) is 1.58. The first kappa shape index (κ1) is 15.3. The fourth-order valence-electron chi connectivity index (χ4n) is 2.20. The molecule has 1 atom stereocenters. The van der Waals surface area contributed by atoms with Gasteiger partial charge in [0.25, 0.3) is 0 Å². The van der Waals surface area contributed by atoms with Crippen LogP contribution in [0.1, 0.15) is 25.5 Å². The molecule has 20 heavy (non-hydrogen) atoms. The first-order valence-electron chi connectivity index (χ1n) is 6.01. The molecule has 1 aliphatic rings. The monoisotopic (exact) mass is 350 g/mol. The number of hydrogen-bond acceptors (Lipinski definition) is 2. The molecule has 1 heterocycles. The number of carbonyl (C=O) groups is 1. The molecule has 0 aliphatic carbocycles. The molecular weight excluding hydrogens is 337 g/mol. The molecule has 1 aromatic carbocycles. The predicted octanol–water partition coefficient (Wildman–Crippen LogP) is 3.43. The normalized spacial score (nSPS) is 20.8. The van der Waals surface area contributed by atoms with Crippen LogP contribution < -0.4 is 5.43 Å². The summed E-state index contributed by atoms with van der Waals surface area (Å²) in [6.07, 6.45) is -4.48. The van der Waals surface area contributed by atoms with E-state index in [0.717, 1.165) is 5.01 Å². The van der Waals surface area contributed by atoms with Crippen LogP contribution in [0.4, 0.5) is 13.2 Å². The molecule has 0 saturated carbocycles. The van der Waals surface area contributed by atoms with E-state index in [-0.39, 0.29) is 12.1 Å². The molecule has 0 spiro atoms. The highest BCUT2D eigenvalue weighted by Crippen LogP contribution is 2.40. The average molecular weight is 351 g/mol. The van der Waals surface area contributed by atoms with Crippen LogP contribution in [0.15, 0.2) is 28.7 Å². The lowest BCUT2D eigenvalue weighted by Gasteiger charge is -2.29. The van der Waals surface area contributed by atoms with E-state index in [1.54, 1.807) is 26.0 Å². The van der Waals surface area contributed by atoms with E-state index < -0.39 is 23.5 Å². The first-order valence-corrected chi connectivity index (χ1v) is 6.80. The third kappa shape index (κ3) is 2.98. The Bertz CT molecular complexity index is 531. The van der Waals surface area contributed by atoms with Crippen molar-refractivity contribution in [2.75, 3.05) is 6.54 Å². The van der Waals surface area contributed by atoms with Crippen LogP contribution in [0, 0.1) is 5.41 Å². The predicted molar refractivity (Wildman–Crippen MR) is 71.6 cm³/mol. The minimum Gasteiger partial charge on any atom is -0.287 e. The molecule has 0 bridgehead atoms. The second-order valence-electron chi connectivity index (χ2n) is 5.45. The molecule has 110 valence electrons. The molecule has 3 nitrogen and oxygen atoms in total. The van der Waals surface area contributed by atoms with Crippen molar-refractivity contribution < 1.29 is 18.0 Å². The van der Waals surface area contributed by atoms with Crippen LogP contribution in [-0.4, -0.2) is 23.6 Å². The van der Waals surface area contributed by atoms with E-state index in [4.69, 9.17) is 0 Å². The van der Waals surface area contributed by atoms with Crippen molar-refractivity contribution in [1.29, 1.82) is 0 Å². The Morgan fingerprint density at radius 2 is 2.05 bits per heavy atom. The maximum absolute atomic E-state index is 13.4. The molecule has 2 rings (SSSR count). The summed E-state index contributed by atoms with van der Waals surface area (Å²) in [7, 11) is 0. The summed E-state index contributed by atoms with van der Waals surface area (Å²) in [5.74, 6) is -0.401. The lowest BCUT2D eigenvalue weighted by molar-refractivity contribution is -0.191. The minimum absolute atomic E-state index is 0.00250. The van der Waals surface area contributed by atoms with E-state index in [9.17, 15) is 18.0 Å². The molecule has 1 aromatic rings. The molecule has 1 saturated heterocycles. The maximum Gasteiger partial charge on any atom is 0.409 e. The topological polar surface area (TPSA) is 32.3 Å². The van der Waals surface area contributed by atoms with Crippen molar-refractivity contribution in [3.8, 4) is 0 Å². The van der Waals surface area contributed by atoms with Crippen LogP contribution in [0.2, 0.25) is 0 Å². The largest absolute Gasteiger partial charge is 0.409 e. The highest BCUT2D eigenvalue weighted by molar-refractivity contribution is 9.10. The smallest absolute Gasteiger partial charge is 0.287 e. The Labute approximate surface area is 123 Å². The van der Waals surface area contributed by atoms with Crippen molar-refractivity contribution in [2.24, 2.45) is 5.41 Å². The van der Waals surface area contributed by atoms with Gasteiger partial charge in [0.15, 0.2) is 0 Å². The first-order chi connectivity index (χ1) is 9.11. The fourth-order valence-corrected chi connectivity index (χ4v) is 2.61. The van der Waals surface area contributed by atoms with Crippen LogP contribution >= 0.6 is 15.9 Å². The third-order valence-electron chi connectivity index (χ3n) is 3.21. The lowest BCUT2D eigenvalue weighted by atomic mass is 9.94. The Morgan fingerprint density at radius 1 is 1.40 bits per heavy atom. The molecule has 1 amide bonds. The number of nitrogens with zero attached hydrogens (tertiary/aromatic N) is 1. The molecule has 1 N–H and O–H groups in total. The highest BCUT2D eigenvalue weighted by atomic mass is 79.9. The lowest BCUT2D eigenvalue weighted by Crippen LogP contribution is -2.43. The molecule has 0 radical (unpaired) electrons. The molecular formula is C13H14BrF3N2O. The summed E-state index contributed by atoms with van der Waals surface area (Å²) in [5, 5.41) is 0.962. The van der Waals surface area contributed by atoms with Gasteiger partial charge in [-0.25, -0.2) is 5.01 Å². The highest BCUT2D eigenvalue weighted by Gasteiger charge is 2.51. The Hall–Kier alpha value is -1.08. The number of amides is 1. The van der Waals surface area contributed by atoms with Gasteiger partial charge in [-0.2, -0.15) is 13.2 Å².